The molecule has 0 bridgehead atoms. The van der Waals surface area contributed by atoms with Crippen LogP contribution in [0.5, 0.6) is 0 Å². The van der Waals surface area contributed by atoms with Crippen molar-refractivity contribution in [3.05, 3.63) is 63.4 Å². The largest absolute Gasteiger partial charge is 0.288 e. The maximum Gasteiger partial charge on any atom is 0.196 e. The summed E-state index contributed by atoms with van der Waals surface area (Å²) in [6, 6.07) is 8.36. The lowest BCUT2D eigenvalue weighted by Crippen LogP contribution is -2.04. The molecule has 0 amide bonds. The molecule has 0 saturated carbocycles. The van der Waals surface area contributed by atoms with Gasteiger partial charge in [0.25, 0.3) is 0 Å². The molecular formula is C13H9Cl2NO. The van der Waals surface area contributed by atoms with Crippen LogP contribution in [0.1, 0.15) is 21.6 Å². The first-order valence-electron chi connectivity index (χ1n) is 5.01. The van der Waals surface area contributed by atoms with E-state index in [1.807, 2.05) is 6.92 Å². The van der Waals surface area contributed by atoms with Crippen LogP contribution in [0.25, 0.3) is 0 Å². The fraction of sp³-hybridized carbons (Fsp3) is 0.0769. The number of ketones is 1. The number of hydrogen-bond acceptors (Lipinski definition) is 2. The Bertz CT molecular complexity index is 561. The van der Waals surface area contributed by atoms with Gasteiger partial charge in [0.1, 0.15) is 0 Å². The van der Waals surface area contributed by atoms with Crippen LogP contribution in [0, 0.1) is 6.92 Å². The zero-order chi connectivity index (χ0) is 12.4. The van der Waals surface area contributed by atoms with Crippen molar-refractivity contribution in [2.45, 2.75) is 6.92 Å². The number of nitrogens with zero attached hydrogens (tertiary/aromatic N) is 1. The van der Waals surface area contributed by atoms with Crippen LogP contribution in [0.3, 0.4) is 0 Å². The highest BCUT2D eigenvalue weighted by Crippen LogP contribution is 2.26. The zero-order valence-electron chi connectivity index (χ0n) is 9.08. The molecule has 0 aliphatic rings. The second-order valence-corrected chi connectivity index (χ2v) is 4.43. The Labute approximate surface area is 109 Å². The summed E-state index contributed by atoms with van der Waals surface area (Å²) in [5, 5.41) is 0.717. The lowest BCUT2D eigenvalue weighted by atomic mass is 10.0. The first kappa shape index (κ1) is 12.1. The second kappa shape index (κ2) is 4.86. The summed E-state index contributed by atoms with van der Waals surface area (Å²) < 4.78 is 0. The van der Waals surface area contributed by atoms with E-state index in [2.05, 4.69) is 4.98 Å². The molecule has 1 aromatic heterocycles. The monoisotopic (exact) mass is 265 g/mol. The average molecular weight is 266 g/mol. The molecule has 2 nitrogen and oxygen atoms in total. The van der Waals surface area contributed by atoms with Crippen LogP contribution < -0.4 is 0 Å². The highest BCUT2D eigenvalue weighted by Gasteiger charge is 2.16. The first-order valence-corrected chi connectivity index (χ1v) is 5.76. The number of halogens is 2. The molecule has 0 spiro atoms. The molecule has 0 fully saturated rings. The molecule has 0 aliphatic heterocycles. The Balaban J connectivity index is 2.51. The van der Waals surface area contributed by atoms with Crippen LogP contribution in [0.2, 0.25) is 10.0 Å². The predicted molar refractivity (Wildman–Crippen MR) is 68.9 cm³/mol. The molecule has 0 aliphatic carbocycles. The summed E-state index contributed by atoms with van der Waals surface area (Å²) in [4.78, 5) is 16.3. The van der Waals surface area contributed by atoms with Gasteiger partial charge < -0.3 is 0 Å². The Morgan fingerprint density at radius 2 is 1.82 bits per heavy atom. The summed E-state index contributed by atoms with van der Waals surface area (Å²) in [5.41, 5.74) is 1.65. The Hall–Kier alpha value is -1.38. The molecule has 2 rings (SSSR count). The standard InChI is InChI=1S/C13H9Cl2NO/c1-8-7-9(5-6-16-8)13(17)12-10(14)3-2-4-11(12)15/h2-7H,1H3. The Morgan fingerprint density at radius 3 is 2.41 bits per heavy atom. The van der Waals surface area contributed by atoms with Gasteiger partial charge in [0.05, 0.1) is 15.6 Å². The van der Waals surface area contributed by atoms with Crippen molar-refractivity contribution in [3.8, 4) is 0 Å². The van der Waals surface area contributed by atoms with Gasteiger partial charge in [-0.1, -0.05) is 29.3 Å². The number of aryl methyl sites for hydroxylation is 1. The van der Waals surface area contributed by atoms with Crippen LogP contribution in [-0.4, -0.2) is 10.8 Å². The van der Waals surface area contributed by atoms with Crippen LogP contribution in [0.15, 0.2) is 36.5 Å². The van der Waals surface area contributed by atoms with Crippen molar-refractivity contribution in [2.24, 2.45) is 0 Å². The third-order valence-electron chi connectivity index (χ3n) is 2.35. The van der Waals surface area contributed by atoms with E-state index in [1.54, 1.807) is 36.5 Å². The minimum atomic E-state index is -0.189. The lowest BCUT2D eigenvalue weighted by Gasteiger charge is -2.06. The van der Waals surface area contributed by atoms with Crippen LogP contribution in [0.4, 0.5) is 0 Å². The summed E-state index contributed by atoms with van der Waals surface area (Å²) >= 11 is 12.0. The fourth-order valence-corrected chi connectivity index (χ4v) is 2.11. The van der Waals surface area contributed by atoms with E-state index in [-0.39, 0.29) is 5.78 Å². The van der Waals surface area contributed by atoms with E-state index in [0.29, 0.717) is 21.2 Å². The van der Waals surface area contributed by atoms with Crippen molar-refractivity contribution in [3.63, 3.8) is 0 Å². The van der Waals surface area contributed by atoms with Gasteiger partial charge in [0.15, 0.2) is 5.78 Å². The molecular weight excluding hydrogens is 257 g/mol. The van der Waals surface area contributed by atoms with Crippen molar-refractivity contribution in [1.29, 1.82) is 0 Å². The molecule has 1 heterocycles. The summed E-state index contributed by atoms with van der Waals surface area (Å²) in [6.07, 6.45) is 1.59. The molecule has 1 aromatic carbocycles. The number of benzene rings is 1. The Morgan fingerprint density at radius 1 is 1.18 bits per heavy atom. The molecule has 4 heteroatoms. The number of carbonyl (C=O) groups is 1. The number of rotatable bonds is 2. The predicted octanol–water partition coefficient (Wildman–Crippen LogP) is 3.93. The smallest absolute Gasteiger partial charge is 0.196 e. The summed E-state index contributed by atoms with van der Waals surface area (Å²) in [5.74, 6) is -0.189. The maximum absolute atomic E-state index is 12.2. The van der Waals surface area contributed by atoms with Crippen LogP contribution in [-0.2, 0) is 0 Å². The lowest BCUT2D eigenvalue weighted by molar-refractivity contribution is 0.103. The molecule has 0 unspecified atom stereocenters. The molecule has 17 heavy (non-hydrogen) atoms. The third-order valence-corrected chi connectivity index (χ3v) is 2.98. The van der Waals surface area contributed by atoms with E-state index in [9.17, 15) is 4.79 Å². The van der Waals surface area contributed by atoms with E-state index < -0.39 is 0 Å². The number of hydrogen-bond donors (Lipinski definition) is 0. The van der Waals surface area contributed by atoms with Gasteiger partial charge in [0, 0.05) is 17.5 Å². The van der Waals surface area contributed by atoms with E-state index in [0.717, 1.165) is 5.69 Å². The van der Waals surface area contributed by atoms with E-state index in [4.69, 9.17) is 23.2 Å². The van der Waals surface area contributed by atoms with Gasteiger partial charge >= 0.3 is 0 Å². The van der Waals surface area contributed by atoms with Gasteiger partial charge in [-0.2, -0.15) is 0 Å². The third kappa shape index (κ3) is 2.48. The second-order valence-electron chi connectivity index (χ2n) is 3.61. The number of pyridine rings is 1. The number of carbonyl (C=O) groups excluding carboxylic acids is 1. The van der Waals surface area contributed by atoms with Gasteiger partial charge in [0.2, 0.25) is 0 Å². The van der Waals surface area contributed by atoms with Crippen molar-refractivity contribution in [2.75, 3.05) is 0 Å². The molecule has 86 valence electrons. The topological polar surface area (TPSA) is 30.0 Å². The molecule has 0 atom stereocenters. The minimum absolute atomic E-state index is 0.189. The quantitative estimate of drug-likeness (QED) is 0.771. The van der Waals surface area contributed by atoms with Gasteiger partial charge in [-0.25, -0.2) is 0 Å². The average Bonchev–Trinajstić information content (AvgIpc) is 2.28. The molecule has 0 radical (unpaired) electrons. The van der Waals surface area contributed by atoms with Crippen molar-refractivity contribution < 1.29 is 4.79 Å². The fourth-order valence-electron chi connectivity index (χ4n) is 1.55. The van der Waals surface area contributed by atoms with Gasteiger partial charge in [-0.15, -0.1) is 0 Å². The molecule has 2 aromatic rings. The van der Waals surface area contributed by atoms with E-state index in [1.165, 1.54) is 0 Å². The normalized spacial score (nSPS) is 10.3. The highest BCUT2D eigenvalue weighted by molar-refractivity contribution is 6.41. The van der Waals surface area contributed by atoms with Gasteiger partial charge in [-0.05, 0) is 31.2 Å². The minimum Gasteiger partial charge on any atom is -0.288 e. The number of aromatic nitrogens is 1. The summed E-state index contributed by atoms with van der Waals surface area (Å²) in [7, 11) is 0. The first-order chi connectivity index (χ1) is 8.09. The Kier molecular flexibility index (Phi) is 3.46. The van der Waals surface area contributed by atoms with Crippen LogP contribution >= 0.6 is 23.2 Å². The van der Waals surface area contributed by atoms with Crippen molar-refractivity contribution >= 4 is 29.0 Å². The zero-order valence-corrected chi connectivity index (χ0v) is 10.6. The maximum atomic E-state index is 12.2. The van der Waals surface area contributed by atoms with E-state index >= 15 is 0 Å². The highest BCUT2D eigenvalue weighted by atomic mass is 35.5. The summed E-state index contributed by atoms with van der Waals surface area (Å²) in [6.45, 7) is 1.82. The SMILES string of the molecule is Cc1cc(C(=O)c2c(Cl)cccc2Cl)ccn1. The molecule has 0 saturated heterocycles. The van der Waals surface area contributed by atoms with Gasteiger partial charge in [-0.3, -0.25) is 9.78 Å². The van der Waals surface area contributed by atoms with Crippen molar-refractivity contribution in [1.82, 2.24) is 4.98 Å². The molecule has 0 N–H and O–H groups in total.